The predicted octanol–water partition coefficient (Wildman–Crippen LogP) is 4.51. The number of benzene rings is 1. The summed E-state index contributed by atoms with van der Waals surface area (Å²) in [5.74, 6) is -3.71. The van der Waals surface area contributed by atoms with Crippen molar-refractivity contribution < 1.29 is 40.3 Å². The topological polar surface area (TPSA) is 125 Å². The first kappa shape index (κ1) is 29.8. The molecule has 4 aromatic rings. The van der Waals surface area contributed by atoms with Crippen molar-refractivity contribution >= 4 is 32.5 Å². The zero-order valence-electron chi connectivity index (χ0n) is 22.7. The molecular formula is C29H24F5N5O4S. The van der Waals surface area contributed by atoms with Gasteiger partial charge in [-0.15, -0.1) is 0 Å². The lowest BCUT2D eigenvalue weighted by molar-refractivity contribution is -0.319. The number of sulfone groups is 1. The number of nitrogens with zero attached hydrogens (tertiary/aromatic N) is 4. The maximum atomic E-state index is 13.1. The van der Waals surface area contributed by atoms with Crippen molar-refractivity contribution in [3.63, 3.8) is 0 Å². The van der Waals surface area contributed by atoms with Gasteiger partial charge in [0, 0.05) is 35.7 Å². The van der Waals surface area contributed by atoms with Crippen molar-refractivity contribution in [2.45, 2.75) is 41.8 Å². The molecule has 2 fully saturated rings. The van der Waals surface area contributed by atoms with Crippen LogP contribution in [0.3, 0.4) is 0 Å². The van der Waals surface area contributed by atoms with E-state index in [2.05, 4.69) is 20.3 Å². The first-order chi connectivity index (χ1) is 20.7. The number of fused-ring (bicyclic) bond motifs is 1. The largest absolute Gasteiger partial charge is 0.417 e. The lowest BCUT2D eigenvalue weighted by atomic mass is 9.55. The van der Waals surface area contributed by atoms with Crippen molar-refractivity contribution in [3.8, 4) is 11.4 Å². The number of rotatable bonds is 7. The Morgan fingerprint density at radius 1 is 1.00 bits per heavy atom. The average Bonchev–Trinajstić information content (AvgIpc) is 2.96. The number of hydrogen-bond donors (Lipinski definition) is 2. The van der Waals surface area contributed by atoms with Crippen molar-refractivity contribution in [1.29, 1.82) is 0 Å². The summed E-state index contributed by atoms with van der Waals surface area (Å²) in [6.07, 6.45) is -3.73. The summed E-state index contributed by atoms with van der Waals surface area (Å²) in [6, 6.07) is 14.9. The van der Waals surface area contributed by atoms with Gasteiger partial charge in [0.25, 0.3) is 5.91 Å². The van der Waals surface area contributed by atoms with Gasteiger partial charge < -0.3 is 15.3 Å². The van der Waals surface area contributed by atoms with Crippen LogP contribution in [0.15, 0.2) is 71.8 Å². The number of nitrogens with one attached hydrogen (secondary N) is 1. The molecule has 230 valence electrons. The van der Waals surface area contributed by atoms with Gasteiger partial charge in [0.05, 0.1) is 34.0 Å². The van der Waals surface area contributed by atoms with Gasteiger partial charge in [-0.1, -0.05) is 12.1 Å². The Labute approximate surface area is 247 Å². The van der Waals surface area contributed by atoms with Crippen LogP contribution in [-0.4, -0.2) is 65.0 Å². The number of hydrogen-bond acceptors (Lipinski definition) is 8. The van der Waals surface area contributed by atoms with Gasteiger partial charge in [-0.25, -0.2) is 18.4 Å². The molecule has 44 heavy (non-hydrogen) atoms. The number of halogens is 5. The monoisotopic (exact) mass is 633 g/mol. The van der Waals surface area contributed by atoms with Crippen molar-refractivity contribution in [1.82, 2.24) is 20.3 Å². The molecule has 2 N–H and O–H groups in total. The Morgan fingerprint density at radius 3 is 2.41 bits per heavy atom. The second-order valence-corrected chi connectivity index (χ2v) is 13.1. The number of pyridine rings is 3. The first-order valence-corrected chi connectivity index (χ1v) is 14.9. The molecule has 15 heteroatoms. The van der Waals surface area contributed by atoms with Crippen LogP contribution in [0.4, 0.5) is 27.8 Å². The number of carbonyl (C=O) groups is 1. The van der Waals surface area contributed by atoms with Crippen LogP contribution >= 0.6 is 0 Å². The maximum absolute atomic E-state index is 13.1. The minimum Gasteiger partial charge on any atom is -0.380 e. The molecule has 1 saturated carbocycles. The lowest BCUT2D eigenvalue weighted by Crippen LogP contribution is -2.72. The fourth-order valence-electron chi connectivity index (χ4n) is 5.77. The minimum absolute atomic E-state index is 0.0551. The van der Waals surface area contributed by atoms with E-state index in [1.54, 1.807) is 42.6 Å². The zero-order chi connectivity index (χ0) is 31.5. The van der Waals surface area contributed by atoms with E-state index in [-0.39, 0.29) is 24.9 Å². The molecule has 1 spiro atoms. The number of amides is 1. The van der Waals surface area contributed by atoms with E-state index < -0.39 is 43.6 Å². The molecular weight excluding hydrogens is 609 g/mol. The highest BCUT2D eigenvalue weighted by molar-refractivity contribution is 7.91. The molecule has 9 nitrogen and oxygen atoms in total. The third-order valence-corrected chi connectivity index (χ3v) is 9.34. The highest BCUT2D eigenvalue weighted by atomic mass is 32.2. The Balaban J connectivity index is 1.13. The molecule has 1 aliphatic carbocycles. The third kappa shape index (κ3) is 5.34. The van der Waals surface area contributed by atoms with E-state index in [1.165, 1.54) is 12.1 Å². The van der Waals surface area contributed by atoms with E-state index in [0.29, 0.717) is 46.9 Å². The molecule has 4 heterocycles. The molecule has 0 radical (unpaired) electrons. The van der Waals surface area contributed by atoms with E-state index in [4.69, 9.17) is 0 Å². The molecule has 3 aromatic heterocycles. The van der Waals surface area contributed by atoms with Crippen LogP contribution in [0.25, 0.3) is 22.3 Å². The Kier molecular flexibility index (Phi) is 7.07. The normalized spacial score (nSPS) is 17.4. The number of alkyl halides is 5. The summed E-state index contributed by atoms with van der Waals surface area (Å²) in [7, 11) is -4.86. The fourth-order valence-corrected chi connectivity index (χ4v) is 6.53. The smallest absolute Gasteiger partial charge is 0.380 e. The summed E-state index contributed by atoms with van der Waals surface area (Å²) in [5.41, 5.74) is -1.26. The molecule has 1 amide bonds. The summed E-state index contributed by atoms with van der Waals surface area (Å²) >= 11 is 0. The molecule has 6 rings (SSSR count). The minimum atomic E-state index is -4.86. The summed E-state index contributed by atoms with van der Waals surface area (Å²) in [6.45, 7) is 0.667. The van der Waals surface area contributed by atoms with Crippen LogP contribution in [0.5, 0.6) is 0 Å². The molecule has 0 bridgehead atoms. The SMILES string of the molecule is O=C(NCc1cc2nc(-c3cccc(N4CC5(C4)CC(O)(C(F)(F)F)C5)n3)ccc2cn1)c1cccc(S(=O)(=O)C(F)F)c1. The maximum Gasteiger partial charge on any atom is 0.417 e. The second kappa shape index (κ2) is 10.4. The number of anilines is 1. The van der Waals surface area contributed by atoms with Gasteiger partial charge in [0.15, 0.2) is 5.60 Å². The lowest BCUT2D eigenvalue weighted by Gasteiger charge is -2.62. The highest BCUT2D eigenvalue weighted by Gasteiger charge is 2.70. The number of aromatic nitrogens is 3. The van der Waals surface area contributed by atoms with Crippen molar-refractivity contribution in [2.24, 2.45) is 5.41 Å². The highest BCUT2D eigenvalue weighted by Crippen LogP contribution is 2.59. The van der Waals surface area contributed by atoms with Crippen LogP contribution in [0.1, 0.15) is 28.9 Å². The zero-order valence-corrected chi connectivity index (χ0v) is 23.5. The molecule has 1 saturated heterocycles. The van der Waals surface area contributed by atoms with Gasteiger partial charge in [-0.05, 0) is 61.4 Å². The Hall–Kier alpha value is -4.24. The van der Waals surface area contributed by atoms with Crippen molar-refractivity contribution in [3.05, 3.63) is 78.1 Å². The van der Waals surface area contributed by atoms with Gasteiger partial charge in [0.1, 0.15) is 5.82 Å². The van der Waals surface area contributed by atoms with E-state index in [9.17, 15) is 40.3 Å². The predicted molar refractivity (Wildman–Crippen MR) is 148 cm³/mol. The molecule has 1 aliphatic heterocycles. The third-order valence-electron chi connectivity index (χ3n) is 7.96. The summed E-state index contributed by atoms with van der Waals surface area (Å²) in [4.78, 5) is 27.4. The second-order valence-electron chi connectivity index (χ2n) is 11.2. The van der Waals surface area contributed by atoms with Gasteiger partial charge >= 0.3 is 11.9 Å². The van der Waals surface area contributed by atoms with E-state index >= 15 is 0 Å². The van der Waals surface area contributed by atoms with Crippen LogP contribution < -0.4 is 10.2 Å². The fraction of sp³-hybridized carbons (Fsp3) is 0.310. The van der Waals surface area contributed by atoms with E-state index in [1.807, 2.05) is 4.90 Å². The first-order valence-electron chi connectivity index (χ1n) is 13.4. The number of aliphatic hydroxyl groups is 1. The number of carbonyl (C=O) groups excluding carboxylic acids is 1. The summed E-state index contributed by atoms with van der Waals surface area (Å²) < 4.78 is 88.5. The quantitative estimate of drug-likeness (QED) is 0.285. The molecule has 0 atom stereocenters. The standard InChI is InChI=1S/C29H24F5N5O4S/c30-26(31)44(42,43)20-4-1-3-17(9-20)25(40)36-12-19-10-23-18(11-35-19)7-8-22(37-23)21-5-2-6-24(38-21)39-15-27(16-39)13-28(41,14-27)29(32,33)34/h1-11,26,41H,12-16H2,(H,36,40). The van der Waals surface area contributed by atoms with Crippen LogP contribution in [0, 0.1) is 5.41 Å². The van der Waals surface area contributed by atoms with Gasteiger partial charge in [-0.3, -0.25) is 9.78 Å². The van der Waals surface area contributed by atoms with Crippen molar-refractivity contribution in [2.75, 3.05) is 18.0 Å². The summed E-state index contributed by atoms with van der Waals surface area (Å²) in [5, 5.41) is 13.1. The average molecular weight is 634 g/mol. The Morgan fingerprint density at radius 2 is 1.70 bits per heavy atom. The van der Waals surface area contributed by atoms with Crippen LogP contribution in [-0.2, 0) is 16.4 Å². The van der Waals surface area contributed by atoms with Gasteiger partial charge in [-0.2, -0.15) is 22.0 Å². The van der Waals surface area contributed by atoms with Crippen LogP contribution in [0.2, 0.25) is 0 Å². The molecule has 1 aromatic carbocycles. The van der Waals surface area contributed by atoms with E-state index in [0.717, 1.165) is 12.1 Å². The molecule has 0 unspecified atom stereocenters. The molecule has 2 aliphatic rings. The Bertz CT molecular complexity index is 1870. The van der Waals surface area contributed by atoms with Gasteiger partial charge in [0.2, 0.25) is 9.84 Å².